The maximum Gasteiger partial charge on any atom is 0.251 e. The lowest BCUT2D eigenvalue weighted by atomic mass is 9.91. The van der Waals surface area contributed by atoms with Gasteiger partial charge in [0, 0.05) is 50.0 Å². The predicted molar refractivity (Wildman–Crippen MR) is 164 cm³/mol. The molecule has 0 spiro atoms. The van der Waals surface area contributed by atoms with Crippen molar-refractivity contribution in [1.29, 1.82) is 0 Å². The number of rotatable bonds is 13. The highest BCUT2D eigenvalue weighted by Crippen LogP contribution is 2.22. The standard InChI is InChI=1S/C32H41N7O3/c1-39(2)28-20-22-34-32(38-28)36-26-18-16-25(17-19-26)35-31(42)27(37-30(41)24-13-7-4-8-14-24)15-9-10-21-33-29(40)23-11-5-3-6-12-23/h3-8,11-14,20,22,25-27H,9-10,15-19,21H2,1-2H3,(H,33,40)(H,35,42)(H,37,41)(H,34,36,38). The number of hydrogen-bond acceptors (Lipinski definition) is 7. The van der Waals surface area contributed by atoms with Crippen molar-refractivity contribution in [2.24, 2.45) is 0 Å². The molecule has 1 atom stereocenters. The van der Waals surface area contributed by atoms with Crippen LogP contribution >= 0.6 is 0 Å². The molecule has 1 aliphatic carbocycles. The molecule has 1 fully saturated rings. The third-order valence-electron chi connectivity index (χ3n) is 7.40. The number of nitrogens with one attached hydrogen (secondary N) is 4. The summed E-state index contributed by atoms with van der Waals surface area (Å²) in [5, 5.41) is 12.5. The highest BCUT2D eigenvalue weighted by Gasteiger charge is 2.27. The smallest absolute Gasteiger partial charge is 0.251 e. The maximum absolute atomic E-state index is 13.4. The molecular formula is C32H41N7O3. The highest BCUT2D eigenvalue weighted by atomic mass is 16.2. The van der Waals surface area contributed by atoms with Crippen LogP contribution in [-0.4, -0.2) is 66.5 Å². The van der Waals surface area contributed by atoms with Gasteiger partial charge in [0.05, 0.1) is 0 Å². The van der Waals surface area contributed by atoms with E-state index in [1.54, 1.807) is 42.6 Å². The van der Waals surface area contributed by atoms with Crippen molar-refractivity contribution in [3.05, 3.63) is 84.1 Å². The molecule has 1 saturated carbocycles. The van der Waals surface area contributed by atoms with E-state index in [4.69, 9.17) is 0 Å². The van der Waals surface area contributed by atoms with Crippen LogP contribution in [0.2, 0.25) is 0 Å². The van der Waals surface area contributed by atoms with Gasteiger partial charge >= 0.3 is 0 Å². The van der Waals surface area contributed by atoms with Crippen LogP contribution in [0.4, 0.5) is 11.8 Å². The van der Waals surface area contributed by atoms with Crippen LogP contribution in [0.1, 0.15) is 65.7 Å². The summed E-state index contributed by atoms with van der Waals surface area (Å²) < 4.78 is 0. The molecule has 4 N–H and O–H groups in total. The zero-order valence-corrected chi connectivity index (χ0v) is 24.4. The zero-order chi connectivity index (χ0) is 29.7. The molecule has 222 valence electrons. The van der Waals surface area contributed by atoms with Gasteiger partial charge in [0.15, 0.2) is 0 Å². The van der Waals surface area contributed by atoms with Crippen LogP contribution in [0.25, 0.3) is 0 Å². The van der Waals surface area contributed by atoms with Crippen LogP contribution in [-0.2, 0) is 4.79 Å². The molecule has 2 aromatic carbocycles. The number of anilines is 2. The number of amides is 3. The maximum atomic E-state index is 13.4. The first-order chi connectivity index (χ1) is 20.4. The van der Waals surface area contributed by atoms with Crippen molar-refractivity contribution in [2.45, 2.75) is 63.1 Å². The molecule has 1 aromatic heterocycles. The lowest BCUT2D eigenvalue weighted by Crippen LogP contribution is -2.50. The molecule has 0 saturated heterocycles. The van der Waals surface area contributed by atoms with Crippen molar-refractivity contribution in [3.8, 4) is 0 Å². The topological polar surface area (TPSA) is 128 Å². The fourth-order valence-corrected chi connectivity index (χ4v) is 5.00. The average molecular weight is 572 g/mol. The number of hydrogen-bond donors (Lipinski definition) is 4. The number of carbonyl (C=O) groups is 3. The molecule has 10 nitrogen and oxygen atoms in total. The fraction of sp³-hybridized carbons (Fsp3) is 0.406. The Labute approximate surface area is 247 Å². The van der Waals surface area contributed by atoms with Gasteiger partial charge in [-0.05, 0) is 75.3 Å². The Hall–Kier alpha value is -4.47. The van der Waals surface area contributed by atoms with E-state index >= 15 is 0 Å². The van der Waals surface area contributed by atoms with Crippen molar-refractivity contribution in [1.82, 2.24) is 25.9 Å². The van der Waals surface area contributed by atoms with E-state index in [1.807, 2.05) is 49.3 Å². The van der Waals surface area contributed by atoms with Gasteiger partial charge in [0.1, 0.15) is 11.9 Å². The Morgan fingerprint density at radius 1 is 0.833 bits per heavy atom. The molecule has 4 rings (SSSR count). The molecule has 1 aliphatic rings. The van der Waals surface area contributed by atoms with Gasteiger partial charge < -0.3 is 26.2 Å². The van der Waals surface area contributed by atoms with Crippen molar-refractivity contribution in [3.63, 3.8) is 0 Å². The van der Waals surface area contributed by atoms with Crippen LogP contribution in [0, 0.1) is 0 Å². The summed E-state index contributed by atoms with van der Waals surface area (Å²) in [5.74, 6) is 0.879. The van der Waals surface area contributed by atoms with E-state index in [0.717, 1.165) is 31.5 Å². The molecular weight excluding hydrogens is 530 g/mol. The van der Waals surface area contributed by atoms with Gasteiger partial charge in [0.2, 0.25) is 11.9 Å². The van der Waals surface area contributed by atoms with Gasteiger partial charge in [-0.1, -0.05) is 36.4 Å². The summed E-state index contributed by atoms with van der Waals surface area (Å²) >= 11 is 0. The molecule has 0 radical (unpaired) electrons. The number of benzene rings is 2. The first-order valence-corrected chi connectivity index (χ1v) is 14.7. The van der Waals surface area contributed by atoms with Crippen molar-refractivity contribution >= 4 is 29.5 Å². The molecule has 3 amide bonds. The number of unbranched alkanes of at least 4 members (excludes halogenated alkanes) is 1. The fourth-order valence-electron chi connectivity index (χ4n) is 5.00. The molecule has 1 unspecified atom stereocenters. The minimum absolute atomic E-state index is 0.0332. The minimum atomic E-state index is -0.666. The summed E-state index contributed by atoms with van der Waals surface area (Å²) in [5.41, 5.74) is 1.13. The number of carbonyl (C=O) groups excluding carboxylic acids is 3. The second kappa shape index (κ2) is 15.5. The van der Waals surface area contributed by atoms with E-state index in [0.29, 0.717) is 42.9 Å². The predicted octanol–water partition coefficient (Wildman–Crippen LogP) is 3.78. The molecule has 3 aromatic rings. The Balaban J connectivity index is 1.26. The van der Waals surface area contributed by atoms with Gasteiger partial charge in [-0.3, -0.25) is 14.4 Å². The number of aromatic nitrogens is 2. The molecule has 10 heteroatoms. The molecule has 0 aliphatic heterocycles. The van der Waals surface area contributed by atoms with Crippen LogP contribution in [0.15, 0.2) is 72.9 Å². The summed E-state index contributed by atoms with van der Waals surface area (Å²) in [6, 6.07) is 19.4. The van der Waals surface area contributed by atoms with E-state index in [1.165, 1.54) is 0 Å². The first kappa shape index (κ1) is 30.5. The third kappa shape index (κ3) is 9.29. The summed E-state index contributed by atoms with van der Waals surface area (Å²) in [6.07, 6.45) is 6.98. The van der Waals surface area contributed by atoms with Crippen molar-refractivity contribution in [2.75, 3.05) is 30.9 Å². The minimum Gasteiger partial charge on any atom is -0.363 e. The zero-order valence-electron chi connectivity index (χ0n) is 24.4. The lowest BCUT2D eigenvalue weighted by Gasteiger charge is -2.31. The van der Waals surface area contributed by atoms with E-state index < -0.39 is 6.04 Å². The second-order valence-electron chi connectivity index (χ2n) is 10.8. The Morgan fingerprint density at radius 3 is 2.10 bits per heavy atom. The van der Waals surface area contributed by atoms with Crippen LogP contribution in [0.3, 0.4) is 0 Å². The monoisotopic (exact) mass is 571 g/mol. The van der Waals surface area contributed by atoms with Crippen molar-refractivity contribution < 1.29 is 14.4 Å². The molecule has 1 heterocycles. The highest BCUT2D eigenvalue weighted by molar-refractivity contribution is 5.97. The quantitative estimate of drug-likeness (QED) is 0.230. The first-order valence-electron chi connectivity index (χ1n) is 14.7. The van der Waals surface area contributed by atoms with E-state index in [9.17, 15) is 14.4 Å². The van der Waals surface area contributed by atoms with Gasteiger partial charge in [0.25, 0.3) is 11.8 Å². The Morgan fingerprint density at radius 2 is 1.45 bits per heavy atom. The molecule has 42 heavy (non-hydrogen) atoms. The Kier molecular flexibility index (Phi) is 11.3. The average Bonchev–Trinajstić information content (AvgIpc) is 3.02. The molecule has 0 bridgehead atoms. The number of nitrogens with zero attached hydrogens (tertiary/aromatic N) is 3. The van der Waals surface area contributed by atoms with E-state index in [2.05, 4.69) is 31.2 Å². The SMILES string of the molecule is CN(C)c1ccnc(NC2CCC(NC(=O)C(CCCCNC(=O)c3ccccc3)NC(=O)c3ccccc3)CC2)n1. The van der Waals surface area contributed by atoms with Gasteiger partial charge in [-0.15, -0.1) is 0 Å². The summed E-state index contributed by atoms with van der Waals surface area (Å²) in [6.45, 7) is 0.493. The normalized spacial score (nSPS) is 17.0. The Bertz CT molecular complexity index is 1300. The van der Waals surface area contributed by atoms with Crippen LogP contribution < -0.4 is 26.2 Å². The van der Waals surface area contributed by atoms with Crippen LogP contribution in [0.5, 0.6) is 0 Å². The second-order valence-corrected chi connectivity index (χ2v) is 10.8. The van der Waals surface area contributed by atoms with Gasteiger partial charge in [-0.2, -0.15) is 4.98 Å². The largest absolute Gasteiger partial charge is 0.363 e. The summed E-state index contributed by atoms with van der Waals surface area (Å²) in [7, 11) is 3.89. The third-order valence-corrected chi connectivity index (χ3v) is 7.40. The van der Waals surface area contributed by atoms with Gasteiger partial charge in [-0.25, -0.2) is 4.98 Å². The van der Waals surface area contributed by atoms with E-state index in [-0.39, 0.29) is 29.8 Å². The summed E-state index contributed by atoms with van der Waals surface area (Å²) in [4.78, 5) is 49.4. The lowest BCUT2D eigenvalue weighted by molar-refractivity contribution is -0.124.